The van der Waals surface area contributed by atoms with E-state index in [4.69, 9.17) is 4.74 Å². The molecule has 1 atom stereocenters. The second-order valence-corrected chi connectivity index (χ2v) is 5.91. The highest BCUT2D eigenvalue weighted by Gasteiger charge is 2.29. The summed E-state index contributed by atoms with van der Waals surface area (Å²) in [5.74, 6) is -0.0850. The molecule has 23 heavy (non-hydrogen) atoms. The van der Waals surface area contributed by atoms with Gasteiger partial charge in [-0.1, -0.05) is 24.3 Å². The number of para-hydroxylation sites is 1. The Balaban J connectivity index is 1.69. The van der Waals surface area contributed by atoms with Crippen LogP contribution in [0.3, 0.4) is 0 Å². The Hall–Kier alpha value is -2.36. The molecule has 120 valence electrons. The molecule has 0 aromatic heterocycles. The number of rotatable bonds is 4. The van der Waals surface area contributed by atoms with Crippen molar-refractivity contribution < 1.29 is 13.9 Å². The van der Waals surface area contributed by atoms with Gasteiger partial charge in [0.1, 0.15) is 0 Å². The average molecular weight is 313 g/mol. The zero-order chi connectivity index (χ0) is 16.4. The topological polar surface area (TPSA) is 29.5 Å². The Morgan fingerprint density at radius 1 is 1.30 bits per heavy atom. The molecule has 3 nitrogen and oxygen atoms in total. The Morgan fingerprint density at radius 2 is 2.09 bits per heavy atom. The molecular weight excluding hydrogens is 293 g/mol. The van der Waals surface area contributed by atoms with Crippen molar-refractivity contribution in [1.29, 1.82) is 0 Å². The highest BCUT2D eigenvalue weighted by molar-refractivity contribution is 5.96. The van der Waals surface area contributed by atoms with E-state index in [2.05, 4.69) is 13.0 Å². The number of anilines is 1. The SMILES string of the molecule is COc1ccc(CCC(=O)N2c3ccccc3CC2C)cc1F. The molecule has 2 aromatic carbocycles. The van der Waals surface area contributed by atoms with Crippen molar-refractivity contribution in [2.45, 2.75) is 32.2 Å². The predicted molar refractivity (Wildman–Crippen MR) is 88.4 cm³/mol. The van der Waals surface area contributed by atoms with Crippen LogP contribution in [0.1, 0.15) is 24.5 Å². The van der Waals surface area contributed by atoms with Crippen LogP contribution in [0.5, 0.6) is 5.75 Å². The van der Waals surface area contributed by atoms with E-state index < -0.39 is 5.82 Å². The van der Waals surface area contributed by atoms with E-state index in [9.17, 15) is 9.18 Å². The fraction of sp³-hybridized carbons (Fsp3) is 0.316. The number of hydrogen-bond acceptors (Lipinski definition) is 2. The summed E-state index contributed by atoms with van der Waals surface area (Å²) in [4.78, 5) is 14.5. The molecule has 0 spiro atoms. The number of carbonyl (C=O) groups is 1. The Bertz CT molecular complexity index is 729. The number of nitrogens with zero attached hydrogens (tertiary/aromatic N) is 1. The van der Waals surface area contributed by atoms with Crippen LogP contribution in [0, 0.1) is 5.82 Å². The molecule has 1 aliphatic rings. The molecule has 1 heterocycles. The standard InChI is InChI=1S/C19H20FNO2/c1-13-11-15-5-3-4-6-17(15)21(13)19(22)10-8-14-7-9-18(23-2)16(20)12-14/h3-7,9,12-13H,8,10-11H2,1-2H3. The highest BCUT2D eigenvalue weighted by atomic mass is 19.1. The van der Waals surface area contributed by atoms with Crippen molar-refractivity contribution in [3.63, 3.8) is 0 Å². The third-order valence-corrected chi connectivity index (χ3v) is 4.32. The molecule has 1 unspecified atom stereocenters. The second kappa shape index (κ2) is 6.41. The van der Waals surface area contributed by atoms with Gasteiger partial charge in [0, 0.05) is 18.2 Å². The summed E-state index contributed by atoms with van der Waals surface area (Å²) in [6.45, 7) is 2.06. The first-order valence-electron chi connectivity index (χ1n) is 7.82. The van der Waals surface area contributed by atoms with Gasteiger partial charge in [-0.05, 0) is 49.1 Å². The van der Waals surface area contributed by atoms with Crippen molar-refractivity contribution in [2.24, 2.45) is 0 Å². The molecule has 1 aliphatic heterocycles. The molecule has 2 aromatic rings. The van der Waals surface area contributed by atoms with Crippen molar-refractivity contribution in [3.05, 3.63) is 59.4 Å². The molecule has 0 saturated heterocycles. The van der Waals surface area contributed by atoms with E-state index >= 15 is 0 Å². The first-order valence-corrected chi connectivity index (χ1v) is 7.82. The molecule has 0 N–H and O–H groups in total. The summed E-state index contributed by atoms with van der Waals surface area (Å²) >= 11 is 0. The maximum Gasteiger partial charge on any atom is 0.227 e. The highest BCUT2D eigenvalue weighted by Crippen LogP contribution is 2.32. The summed E-state index contributed by atoms with van der Waals surface area (Å²) in [6, 6.07) is 13.0. The van der Waals surface area contributed by atoms with Gasteiger partial charge < -0.3 is 9.64 Å². The fourth-order valence-electron chi connectivity index (χ4n) is 3.18. The molecule has 4 heteroatoms. The van der Waals surface area contributed by atoms with E-state index in [0.717, 1.165) is 17.7 Å². The Morgan fingerprint density at radius 3 is 2.83 bits per heavy atom. The lowest BCUT2D eigenvalue weighted by Crippen LogP contribution is -2.35. The first-order chi connectivity index (χ1) is 11.1. The lowest BCUT2D eigenvalue weighted by atomic mass is 10.1. The number of fused-ring (bicyclic) bond motifs is 1. The number of carbonyl (C=O) groups excluding carboxylic acids is 1. The normalized spacial score (nSPS) is 16.3. The minimum atomic E-state index is -0.391. The van der Waals surface area contributed by atoms with Gasteiger partial charge in [-0.25, -0.2) is 4.39 Å². The van der Waals surface area contributed by atoms with Crippen LogP contribution in [0.2, 0.25) is 0 Å². The second-order valence-electron chi connectivity index (χ2n) is 5.91. The van der Waals surface area contributed by atoms with E-state index in [1.54, 1.807) is 12.1 Å². The van der Waals surface area contributed by atoms with Gasteiger partial charge >= 0.3 is 0 Å². The van der Waals surface area contributed by atoms with Gasteiger partial charge in [0.15, 0.2) is 11.6 Å². The van der Waals surface area contributed by atoms with Crippen molar-refractivity contribution >= 4 is 11.6 Å². The van der Waals surface area contributed by atoms with Gasteiger partial charge in [-0.2, -0.15) is 0 Å². The fourth-order valence-corrected chi connectivity index (χ4v) is 3.18. The monoisotopic (exact) mass is 313 g/mol. The molecule has 3 rings (SSSR count). The number of aryl methyl sites for hydroxylation is 1. The van der Waals surface area contributed by atoms with Crippen LogP contribution in [0.15, 0.2) is 42.5 Å². The van der Waals surface area contributed by atoms with Gasteiger partial charge in [0.2, 0.25) is 5.91 Å². The van der Waals surface area contributed by atoms with Gasteiger partial charge in [-0.15, -0.1) is 0 Å². The van der Waals surface area contributed by atoms with Gasteiger partial charge in [-0.3, -0.25) is 4.79 Å². The number of benzene rings is 2. The summed E-state index contributed by atoms with van der Waals surface area (Å²) < 4.78 is 18.6. The zero-order valence-corrected chi connectivity index (χ0v) is 13.4. The number of amides is 1. The molecule has 0 aliphatic carbocycles. The molecule has 0 fully saturated rings. The summed E-state index contributed by atoms with van der Waals surface area (Å²) in [7, 11) is 1.44. The Kier molecular flexibility index (Phi) is 4.33. The first kappa shape index (κ1) is 15.5. The third-order valence-electron chi connectivity index (χ3n) is 4.32. The maximum absolute atomic E-state index is 13.7. The number of ether oxygens (including phenoxy) is 1. The minimum Gasteiger partial charge on any atom is -0.494 e. The van der Waals surface area contributed by atoms with Crippen molar-refractivity contribution in [1.82, 2.24) is 0 Å². The van der Waals surface area contributed by atoms with E-state index in [1.165, 1.54) is 18.7 Å². The molecule has 0 bridgehead atoms. The third kappa shape index (κ3) is 3.07. The van der Waals surface area contributed by atoms with Gasteiger partial charge in [0.25, 0.3) is 0 Å². The maximum atomic E-state index is 13.7. The lowest BCUT2D eigenvalue weighted by molar-refractivity contribution is -0.118. The summed E-state index contributed by atoms with van der Waals surface area (Å²) in [5, 5.41) is 0. The minimum absolute atomic E-state index is 0.0821. The largest absolute Gasteiger partial charge is 0.494 e. The van der Waals surface area contributed by atoms with Crippen LogP contribution >= 0.6 is 0 Å². The predicted octanol–water partition coefficient (Wildman–Crippen LogP) is 3.74. The van der Waals surface area contributed by atoms with Crippen LogP contribution in [-0.2, 0) is 17.6 Å². The van der Waals surface area contributed by atoms with Crippen LogP contribution in [-0.4, -0.2) is 19.1 Å². The molecule has 0 radical (unpaired) electrons. The molecule has 0 saturated carbocycles. The van der Waals surface area contributed by atoms with Crippen LogP contribution in [0.25, 0.3) is 0 Å². The van der Waals surface area contributed by atoms with E-state index in [0.29, 0.717) is 12.8 Å². The quantitative estimate of drug-likeness (QED) is 0.860. The smallest absolute Gasteiger partial charge is 0.227 e. The summed E-state index contributed by atoms with van der Waals surface area (Å²) in [5.41, 5.74) is 3.02. The van der Waals surface area contributed by atoms with E-state index in [-0.39, 0.29) is 17.7 Å². The van der Waals surface area contributed by atoms with Gasteiger partial charge in [0.05, 0.1) is 7.11 Å². The van der Waals surface area contributed by atoms with E-state index in [1.807, 2.05) is 23.1 Å². The number of halogens is 1. The van der Waals surface area contributed by atoms with Crippen molar-refractivity contribution in [2.75, 3.05) is 12.0 Å². The Labute approximate surface area is 135 Å². The zero-order valence-electron chi connectivity index (χ0n) is 13.4. The molecule has 1 amide bonds. The molecular formula is C19H20FNO2. The lowest BCUT2D eigenvalue weighted by Gasteiger charge is -2.22. The van der Waals surface area contributed by atoms with Crippen LogP contribution < -0.4 is 9.64 Å². The van der Waals surface area contributed by atoms with Crippen molar-refractivity contribution in [3.8, 4) is 5.75 Å². The van der Waals surface area contributed by atoms with Crippen LogP contribution in [0.4, 0.5) is 10.1 Å². The number of hydrogen-bond donors (Lipinski definition) is 0. The number of methoxy groups -OCH3 is 1. The average Bonchev–Trinajstić information content (AvgIpc) is 2.88. The summed E-state index contributed by atoms with van der Waals surface area (Å²) in [6.07, 6.45) is 1.77.